The summed E-state index contributed by atoms with van der Waals surface area (Å²) < 4.78 is -1.75. The Balaban J connectivity index is 2.86. The molecule has 0 saturated carbocycles. The largest absolute Gasteiger partial charge is 0.282 e. The molecule has 1 rings (SSSR count). The molecule has 0 aliphatic carbocycles. The second-order valence-electron chi connectivity index (χ2n) is 3.01. The van der Waals surface area contributed by atoms with E-state index in [-0.39, 0.29) is 11.3 Å². The van der Waals surface area contributed by atoms with E-state index in [1.54, 1.807) is 0 Å². The van der Waals surface area contributed by atoms with Crippen molar-refractivity contribution in [1.29, 1.82) is 0 Å². The second-order valence-corrected chi connectivity index (χ2v) is 5.38. The summed E-state index contributed by atoms with van der Waals surface area (Å²) in [6.45, 7) is 0. The van der Waals surface area contributed by atoms with Crippen LogP contribution in [0.25, 0.3) is 0 Å². The van der Waals surface area contributed by atoms with E-state index in [0.717, 1.165) is 6.21 Å². The van der Waals surface area contributed by atoms with Crippen LogP contribution in [0.4, 0.5) is 5.69 Å². The molecule has 96 valence electrons. The minimum Gasteiger partial charge on any atom is -0.267 e. The molecule has 1 amide bonds. The maximum absolute atomic E-state index is 11.6. The van der Waals surface area contributed by atoms with Gasteiger partial charge in [0.2, 0.25) is 3.79 Å². The van der Waals surface area contributed by atoms with Crippen molar-refractivity contribution in [2.24, 2.45) is 5.10 Å². The summed E-state index contributed by atoms with van der Waals surface area (Å²) in [5, 5.41) is 14.1. The topological polar surface area (TPSA) is 84.6 Å². The standard InChI is InChI=1S/C9H6Cl3N3O3/c10-9(11,12)5-13-14-8(16)6-3-1-2-4-7(6)15(17)18/h1-5H,(H,14,16). The Morgan fingerprint density at radius 1 is 1.39 bits per heavy atom. The van der Waals surface area contributed by atoms with Crippen molar-refractivity contribution in [2.75, 3.05) is 0 Å². The number of hydrogen-bond donors (Lipinski definition) is 1. The molecule has 9 heteroatoms. The number of alkyl halides is 3. The highest BCUT2D eigenvalue weighted by atomic mass is 35.6. The normalized spacial score (nSPS) is 11.5. The summed E-state index contributed by atoms with van der Waals surface area (Å²) in [4.78, 5) is 21.6. The molecule has 0 unspecified atom stereocenters. The van der Waals surface area contributed by atoms with Gasteiger partial charge in [-0.05, 0) is 6.07 Å². The lowest BCUT2D eigenvalue weighted by molar-refractivity contribution is -0.385. The number of nitrogens with one attached hydrogen (secondary N) is 1. The second kappa shape index (κ2) is 5.99. The van der Waals surface area contributed by atoms with E-state index in [1.807, 2.05) is 5.43 Å². The van der Waals surface area contributed by atoms with Crippen molar-refractivity contribution in [1.82, 2.24) is 5.43 Å². The van der Waals surface area contributed by atoms with Crippen molar-refractivity contribution < 1.29 is 9.72 Å². The number of carbonyl (C=O) groups is 1. The van der Waals surface area contributed by atoms with E-state index in [4.69, 9.17) is 34.8 Å². The van der Waals surface area contributed by atoms with E-state index >= 15 is 0 Å². The first-order valence-electron chi connectivity index (χ1n) is 4.46. The Hall–Kier alpha value is -1.37. The van der Waals surface area contributed by atoms with Crippen molar-refractivity contribution >= 4 is 52.6 Å². The molecule has 0 heterocycles. The van der Waals surface area contributed by atoms with Crippen LogP contribution in [0, 0.1) is 10.1 Å². The van der Waals surface area contributed by atoms with Crippen molar-refractivity contribution in [3.8, 4) is 0 Å². The third kappa shape index (κ3) is 4.48. The first kappa shape index (κ1) is 14.7. The number of nitro groups is 1. The maximum atomic E-state index is 11.6. The molecule has 0 atom stereocenters. The van der Waals surface area contributed by atoms with Crippen LogP contribution in [0.5, 0.6) is 0 Å². The zero-order valence-electron chi connectivity index (χ0n) is 8.64. The molecule has 6 nitrogen and oxygen atoms in total. The molecule has 0 fully saturated rings. The molecular formula is C9H6Cl3N3O3. The minimum atomic E-state index is -1.75. The first-order valence-corrected chi connectivity index (χ1v) is 5.59. The predicted molar refractivity (Wildman–Crippen MR) is 69.3 cm³/mol. The van der Waals surface area contributed by atoms with Crippen LogP contribution in [0.2, 0.25) is 0 Å². The Morgan fingerprint density at radius 3 is 2.56 bits per heavy atom. The van der Waals surface area contributed by atoms with Crippen LogP contribution in [-0.2, 0) is 0 Å². The van der Waals surface area contributed by atoms with Crippen LogP contribution in [0.3, 0.4) is 0 Å². The fourth-order valence-electron chi connectivity index (χ4n) is 1.05. The van der Waals surface area contributed by atoms with Crippen LogP contribution in [0.15, 0.2) is 29.4 Å². The van der Waals surface area contributed by atoms with E-state index < -0.39 is 14.6 Å². The Bertz CT molecular complexity index is 499. The lowest BCUT2D eigenvalue weighted by Gasteiger charge is -2.03. The molecule has 0 aliphatic heterocycles. The molecule has 0 radical (unpaired) electrons. The number of benzene rings is 1. The first-order chi connectivity index (χ1) is 8.31. The molecule has 0 aromatic heterocycles. The van der Waals surface area contributed by atoms with Gasteiger partial charge in [-0.3, -0.25) is 14.9 Å². The van der Waals surface area contributed by atoms with Gasteiger partial charge in [-0.15, -0.1) is 0 Å². The van der Waals surface area contributed by atoms with E-state index in [2.05, 4.69) is 5.10 Å². The van der Waals surface area contributed by atoms with Gasteiger partial charge >= 0.3 is 0 Å². The number of nitrogens with zero attached hydrogens (tertiary/aromatic N) is 2. The highest BCUT2D eigenvalue weighted by molar-refractivity contribution is 6.74. The molecule has 0 saturated heterocycles. The predicted octanol–water partition coefficient (Wildman–Crippen LogP) is 2.68. The molecule has 0 aliphatic rings. The van der Waals surface area contributed by atoms with Gasteiger partial charge in [0.1, 0.15) is 5.56 Å². The number of hydrogen-bond acceptors (Lipinski definition) is 4. The number of carbonyl (C=O) groups excluding carboxylic acids is 1. The number of nitro benzene ring substituents is 1. The molecule has 1 aromatic carbocycles. The number of hydrazone groups is 1. The summed E-state index contributed by atoms with van der Waals surface area (Å²) >= 11 is 16.1. The van der Waals surface area contributed by atoms with Gasteiger partial charge in [0.15, 0.2) is 0 Å². The van der Waals surface area contributed by atoms with Gasteiger partial charge in [-0.25, -0.2) is 5.43 Å². The zero-order valence-corrected chi connectivity index (χ0v) is 10.9. The van der Waals surface area contributed by atoms with E-state index in [0.29, 0.717) is 0 Å². The van der Waals surface area contributed by atoms with E-state index in [9.17, 15) is 14.9 Å². The molecule has 0 bridgehead atoms. The minimum absolute atomic E-state index is 0.135. The number of para-hydroxylation sites is 1. The Labute approximate surface area is 117 Å². The number of halogens is 3. The lowest BCUT2D eigenvalue weighted by atomic mass is 10.2. The Morgan fingerprint density at radius 2 is 2.00 bits per heavy atom. The summed E-state index contributed by atoms with van der Waals surface area (Å²) in [5.74, 6) is -0.771. The van der Waals surface area contributed by atoms with Crippen LogP contribution in [0.1, 0.15) is 10.4 Å². The molecule has 1 aromatic rings. The van der Waals surface area contributed by atoms with Crippen LogP contribution in [-0.4, -0.2) is 20.8 Å². The average molecular weight is 311 g/mol. The molecular weight excluding hydrogens is 304 g/mol. The third-order valence-corrected chi connectivity index (χ3v) is 2.02. The monoisotopic (exact) mass is 309 g/mol. The van der Waals surface area contributed by atoms with Crippen LogP contribution >= 0.6 is 34.8 Å². The summed E-state index contributed by atoms with van der Waals surface area (Å²) in [7, 11) is 0. The fourth-order valence-corrected chi connectivity index (χ4v) is 1.20. The number of rotatable bonds is 3. The smallest absolute Gasteiger partial charge is 0.267 e. The van der Waals surface area contributed by atoms with Gasteiger partial charge < -0.3 is 0 Å². The highest BCUT2D eigenvalue weighted by Crippen LogP contribution is 2.22. The molecule has 0 spiro atoms. The van der Waals surface area contributed by atoms with Gasteiger partial charge in [-0.1, -0.05) is 46.9 Å². The maximum Gasteiger partial charge on any atom is 0.282 e. The quantitative estimate of drug-likeness (QED) is 0.403. The SMILES string of the molecule is O=C(NN=CC(Cl)(Cl)Cl)c1ccccc1[N+](=O)[O-]. The van der Waals surface area contributed by atoms with E-state index in [1.165, 1.54) is 24.3 Å². The third-order valence-electron chi connectivity index (χ3n) is 1.72. The van der Waals surface area contributed by atoms with Gasteiger partial charge in [0, 0.05) is 6.07 Å². The summed E-state index contributed by atoms with van der Waals surface area (Å²) in [5.41, 5.74) is 1.55. The van der Waals surface area contributed by atoms with Crippen molar-refractivity contribution in [3.05, 3.63) is 39.9 Å². The van der Waals surface area contributed by atoms with Crippen LogP contribution < -0.4 is 5.43 Å². The van der Waals surface area contributed by atoms with Gasteiger partial charge in [0.25, 0.3) is 11.6 Å². The number of amides is 1. The summed E-state index contributed by atoms with van der Waals surface area (Å²) in [6, 6.07) is 5.42. The van der Waals surface area contributed by atoms with Gasteiger partial charge in [-0.2, -0.15) is 5.10 Å². The fraction of sp³-hybridized carbons (Fsp3) is 0.111. The molecule has 18 heavy (non-hydrogen) atoms. The average Bonchev–Trinajstić information content (AvgIpc) is 2.27. The summed E-state index contributed by atoms with van der Waals surface area (Å²) in [6.07, 6.45) is 0.865. The van der Waals surface area contributed by atoms with Crippen molar-refractivity contribution in [3.63, 3.8) is 0 Å². The lowest BCUT2D eigenvalue weighted by Crippen LogP contribution is -2.20. The highest BCUT2D eigenvalue weighted by Gasteiger charge is 2.19. The molecule has 1 N–H and O–H groups in total. The Kier molecular flexibility index (Phi) is 4.89. The zero-order chi connectivity index (χ0) is 13.8. The van der Waals surface area contributed by atoms with Gasteiger partial charge in [0.05, 0.1) is 11.1 Å². The van der Waals surface area contributed by atoms with Crippen molar-refractivity contribution in [2.45, 2.75) is 3.79 Å².